The molecule has 0 N–H and O–H groups in total. The van der Waals surface area contributed by atoms with Crippen molar-refractivity contribution in [2.24, 2.45) is 0 Å². The van der Waals surface area contributed by atoms with E-state index in [0.717, 1.165) is 9.50 Å². The lowest BCUT2D eigenvalue weighted by atomic mass is 10.4. The van der Waals surface area contributed by atoms with Gasteiger partial charge in [0.2, 0.25) is 0 Å². The van der Waals surface area contributed by atoms with Crippen LogP contribution in [-0.4, -0.2) is 0 Å². The monoisotopic (exact) mass is 330 g/mol. The molecule has 0 spiro atoms. The number of rotatable bonds is 3. The topological polar surface area (TPSA) is 0 Å². The van der Waals surface area contributed by atoms with Crippen molar-refractivity contribution in [3.05, 3.63) is 58.0 Å². The van der Waals surface area contributed by atoms with Gasteiger partial charge in [-0.3, -0.25) is 0 Å². The second kappa shape index (κ2) is 6.01. The van der Waals surface area contributed by atoms with Gasteiger partial charge in [0.05, 0.1) is 0 Å². The standard InChI is InChI=1S/C12H8BrClS2/c13-11-3-1-2-4-12(11)16-15-10-7-5-9(14)6-8-10/h1-8H. The van der Waals surface area contributed by atoms with Crippen LogP contribution in [0.25, 0.3) is 0 Å². The van der Waals surface area contributed by atoms with E-state index in [1.807, 2.05) is 42.5 Å². The van der Waals surface area contributed by atoms with Crippen molar-refractivity contribution < 1.29 is 0 Å². The molecular formula is C12H8BrClS2. The van der Waals surface area contributed by atoms with E-state index in [2.05, 4.69) is 22.0 Å². The summed E-state index contributed by atoms with van der Waals surface area (Å²) in [5.41, 5.74) is 0. The van der Waals surface area contributed by atoms with Crippen LogP contribution in [0.15, 0.2) is 62.8 Å². The van der Waals surface area contributed by atoms with Crippen LogP contribution in [0, 0.1) is 0 Å². The number of hydrogen-bond donors (Lipinski definition) is 0. The van der Waals surface area contributed by atoms with Crippen molar-refractivity contribution in [3.8, 4) is 0 Å². The zero-order valence-corrected chi connectivity index (χ0v) is 12.2. The van der Waals surface area contributed by atoms with Crippen LogP contribution in [0.4, 0.5) is 0 Å². The molecule has 0 aliphatic rings. The van der Waals surface area contributed by atoms with Gasteiger partial charge in [-0.1, -0.05) is 45.3 Å². The summed E-state index contributed by atoms with van der Waals surface area (Å²) in [6.07, 6.45) is 0. The minimum atomic E-state index is 0.773. The summed E-state index contributed by atoms with van der Waals surface area (Å²) in [6, 6.07) is 16.1. The lowest BCUT2D eigenvalue weighted by Gasteiger charge is -2.03. The SMILES string of the molecule is Clc1ccc(SSc2ccccc2Br)cc1. The summed E-state index contributed by atoms with van der Waals surface area (Å²) < 4.78 is 1.13. The molecule has 16 heavy (non-hydrogen) atoms. The fourth-order valence-electron chi connectivity index (χ4n) is 1.10. The molecule has 0 heterocycles. The molecule has 4 heteroatoms. The van der Waals surface area contributed by atoms with Crippen molar-refractivity contribution in [2.45, 2.75) is 9.79 Å². The molecule has 2 aromatic rings. The summed E-state index contributed by atoms with van der Waals surface area (Å²) >= 11 is 9.36. The predicted octanol–water partition coefficient (Wildman–Crippen LogP) is 5.90. The first kappa shape index (κ1) is 12.4. The van der Waals surface area contributed by atoms with E-state index >= 15 is 0 Å². The molecule has 0 saturated carbocycles. The van der Waals surface area contributed by atoms with Crippen LogP contribution in [0.5, 0.6) is 0 Å². The second-order valence-electron chi connectivity index (χ2n) is 3.05. The van der Waals surface area contributed by atoms with E-state index in [4.69, 9.17) is 11.6 Å². The molecule has 0 aliphatic carbocycles. The lowest BCUT2D eigenvalue weighted by molar-refractivity contribution is 1.42. The highest BCUT2D eigenvalue weighted by molar-refractivity contribution is 9.10. The highest BCUT2D eigenvalue weighted by atomic mass is 79.9. The fourth-order valence-corrected chi connectivity index (χ4v) is 4.11. The first-order valence-corrected chi connectivity index (χ1v) is 7.92. The molecule has 2 aromatic carbocycles. The number of halogens is 2. The second-order valence-corrected chi connectivity index (χ2v) is 6.59. The number of hydrogen-bond acceptors (Lipinski definition) is 2. The molecule has 2 rings (SSSR count). The third-order valence-electron chi connectivity index (χ3n) is 1.88. The maximum absolute atomic E-state index is 5.83. The van der Waals surface area contributed by atoms with Crippen molar-refractivity contribution >= 4 is 49.1 Å². The molecule has 0 amide bonds. The van der Waals surface area contributed by atoms with E-state index in [-0.39, 0.29) is 0 Å². The van der Waals surface area contributed by atoms with Crippen LogP contribution < -0.4 is 0 Å². The summed E-state index contributed by atoms with van der Waals surface area (Å²) in [5, 5.41) is 0.773. The molecule has 82 valence electrons. The molecule has 0 nitrogen and oxygen atoms in total. The maximum atomic E-state index is 5.83. The van der Waals surface area contributed by atoms with E-state index < -0.39 is 0 Å². The largest absolute Gasteiger partial charge is 0.0843 e. The highest BCUT2D eigenvalue weighted by Crippen LogP contribution is 2.40. The van der Waals surface area contributed by atoms with Gasteiger partial charge in [-0.05, 0) is 52.3 Å². The normalized spacial score (nSPS) is 10.4. The zero-order valence-electron chi connectivity index (χ0n) is 8.19. The van der Waals surface area contributed by atoms with Gasteiger partial charge in [-0.2, -0.15) is 0 Å². The van der Waals surface area contributed by atoms with Gasteiger partial charge in [0, 0.05) is 19.3 Å². The van der Waals surface area contributed by atoms with Crippen molar-refractivity contribution in [1.82, 2.24) is 0 Å². The molecule has 0 bridgehead atoms. The van der Waals surface area contributed by atoms with Gasteiger partial charge in [0.1, 0.15) is 0 Å². The summed E-state index contributed by atoms with van der Waals surface area (Å²) in [7, 11) is 3.46. The van der Waals surface area contributed by atoms with Gasteiger partial charge < -0.3 is 0 Å². The van der Waals surface area contributed by atoms with Crippen molar-refractivity contribution in [1.29, 1.82) is 0 Å². The third-order valence-corrected chi connectivity index (χ3v) is 5.53. The van der Waals surface area contributed by atoms with Gasteiger partial charge >= 0.3 is 0 Å². The van der Waals surface area contributed by atoms with E-state index in [0.29, 0.717) is 0 Å². The number of benzene rings is 2. The first-order chi connectivity index (χ1) is 7.75. The first-order valence-electron chi connectivity index (χ1n) is 4.60. The Morgan fingerprint density at radius 3 is 2.25 bits per heavy atom. The maximum Gasteiger partial charge on any atom is 0.0406 e. The molecule has 0 atom stereocenters. The van der Waals surface area contributed by atoms with Gasteiger partial charge in [0.25, 0.3) is 0 Å². The Balaban J connectivity index is 2.02. The smallest absolute Gasteiger partial charge is 0.0406 e. The minimum absolute atomic E-state index is 0.773. The highest BCUT2D eigenvalue weighted by Gasteiger charge is 2.01. The quantitative estimate of drug-likeness (QED) is 0.642. The Kier molecular flexibility index (Phi) is 4.65. The Morgan fingerprint density at radius 1 is 0.875 bits per heavy atom. The molecule has 0 fully saturated rings. The average molecular weight is 332 g/mol. The minimum Gasteiger partial charge on any atom is -0.0843 e. The van der Waals surface area contributed by atoms with Gasteiger partial charge in [0.15, 0.2) is 0 Å². The van der Waals surface area contributed by atoms with Crippen LogP contribution in [-0.2, 0) is 0 Å². The molecule has 0 radical (unpaired) electrons. The molecule has 0 aromatic heterocycles. The molecule has 0 saturated heterocycles. The third kappa shape index (κ3) is 3.45. The Labute approximate surface area is 116 Å². The lowest BCUT2D eigenvalue weighted by Crippen LogP contribution is -1.71. The Bertz CT molecular complexity index is 471. The van der Waals surface area contributed by atoms with Crippen molar-refractivity contribution in [3.63, 3.8) is 0 Å². The van der Waals surface area contributed by atoms with Crippen molar-refractivity contribution in [2.75, 3.05) is 0 Å². The Hall–Kier alpha value is -0.0900. The average Bonchev–Trinajstić information content (AvgIpc) is 2.30. The van der Waals surface area contributed by atoms with Crippen LogP contribution >= 0.6 is 49.1 Å². The van der Waals surface area contributed by atoms with Crippen LogP contribution in [0.3, 0.4) is 0 Å². The summed E-state index contributed by atoms with van der Waals surface area (Å²) in [5.74, 6) is 0. The van der Waals surface area contributed by atoms with Gasteiger partial charge in [-0.25, -0.2) is 0 Å². The van der Waals surface area contributed by atoms with Crippen LogP contribution in [0.1, 0.15) is 0 Å². The molecule has 0 unspecified atom stereocenters. The van der Waals surface area contributed by atoms with Crippen LogP contribution in [0.2, 0.25) is 5.02 Å². The van der Waals surface area contributed by atoms with E-state index in [1.165, 1.54) is 9.79 Å². The van der Waals surface area contributed by atoms with E-state index in [9.17, 15) is 0 Å². The summed E-state index contributed by atoms with van der Waals surface area (Å²) in [6.45, 7) is 0. The zero-order chi connectivity index (χ0) is 11.4. The van der Waals surface area contributed by atoms with Gasteiger partial charge in [-0.15, -0.1) is 0 Å². The predicted molar refractivity (Wildman–Crippen MR) is 77.3 cm³/mol. The van der Waals surface area contributed by atoms with E-state index in [1.54, 1.807) is 21.6 Å². The summed E-state index contributed by atoms with van der Waals surface area (Å²) in [4.78, 5) is 2.42. The fraction of sp³-hybridized carbons (Fsp3) is 0. The Morgan fingerprint density at radius 2 is 1.56 bits per heavy atom. The molecular weight excluding hydrogens is 324 g/mol. The molecule has 0 aliphatic heterocycles.